The van der Waals surface area contributed by atoms with Crippen LogP contribution in [-0.4, -0.2) is 30.3 Å². The SMILES string of the molecule is CCCCc1ccc(-n2nnnc2SCc2nc(C(C)C)no2)cc1. The Morgan fingerprint density at radius 2 is 2.00 bits per heavy atom. The van der Waals surface area contributed by atoms with Crippen LogP contribution < -0.4 is 0 Å². The number of aromatic nitrogens is 6. The average Bonchev–Trinajstić information content (AvgIpc) is 3.28. The molecule has 25 heavy (non-hydrogen) atoms. The monoisotopic (exact) mass is 358 g/mol. The molecule has 2 heterocycles. The fourth-order valence-electron chi connectivity index (χ4n) is 2.30. The minimum absolute atomic E-state index is 0.249. The molecule has 0 aliphatic rings. The third-order valence-electron chi connectivity index (χ3n) is 3.77. The Morgan fingerprint density at radius 1 is 1.20 bits per heavy atom. The summed E-state index contributed by atoms with van der Waals surface area (Å²) in [5.74, 6) is 2.09. The van der Waals surface area contributed by atoms with Crippen LogP contribution in [0, 0.1) is 0 Å². The Kier molecular flexibility index (Phi) is 5.80. The van der Waals surface area contributed by atoms with Gasteiger partial charge in [-0.3, -0.25) is 0 Å². The summed E-state index contributed by atoms with van der Waals surface area (Å²) in [6.07, 6.45) is 3.50. The van der Waals surface area contributed by atoms with Crippen LogP contribution in [-0.2, 0) is 12.2 Å². The highest BCUT2D eigenvalue weighted by Gasteiger charge is 2.13. The third kappa shape index (κ3) is 4.45. The van der Waals surface area contributed by atoms with E-state index in [-0.39, 0.29) is 5.92 Å². The van der Waals surface area contributed by atoms with E-state index >= 15 is 0 Å². The predicted octanol–water partition coefficient (Wildman–Crippen LogP) is 3.80. The second-order valence-corrected chi connectivity index (χ2v) is 7.08. The number of nitrogens with zero attached hydrogens (tertiary/aromatic N) is 6. The van der Waals surface area contributed by atoms with E-state index in [4.69, 9.17) is 4.52 Å². The molecule has 0 bridgehead atoms. The fourth-order valence-corrected chi connectivity index (χ4v) is 3.03. The van der Waals surface area contributed by atoms with E-state index in [0.717, 1.165) is 17.9 Å². The number of hydrogen-bond donors (Lipinski definition) is 0. The molecular formula is C17H22N6OS. The molecule has 3 rings (SSSR count). The highest BCUT2D eigenvalue weighted by atomic mass is 32.2. The minimum atomic E-state index is 0.249. The van der Waals surface area contributed by atoms with Crippen molar-refractivity contribution in [1.82, 2.24) is 30.3 Å². The first-order valence-electron chi connectivity index (χ1n) is 8.50. The molecule has 3 aromatic rings. The molecule has 0 amide bonds. The number of benzene rings is 1. The summed E-state index contributed by atoms with van der Waals surface area (Å²) in [7, 11) is 0. The summed E-state index contributed by atoms with van der Waals surface area (Å²) in [6.45, 7) is 6.27. The van der Waals surface area contributed by atoms with E-state index in [1.165, 1.54) is 30.2 Å². The lowest BCUT2D eigenvalue weighted by Crippen LogP contribution is -1.99. The second-order valence-electron chi connectivity index (χ2n) is 6.13. The summed E-state index contributed by atoms with van der Waals surface area (Å²) < 4.78 is 6.99. The van der Waals surface area contributed by atoms with Crippen LogP contribution in [0.2, 0.25) is 0 Å². The van der Waals surface area contributed by atoms with Crippen LogP contribution in [0.3, 0.4) is 0 Å². The largest absolute Gasteiger partial charge is 0.338 e. The molecule has 1 aromatic carbocycles. The molecule has 7 nitrogen and oxygen atoms in total. The predicted molar refractivity (Wildman–Crippen MR) is 95.7 cm³/mol. The van der Waals surface area contributed by atoms with Crippen molar-refractivity contribution in [2.75, 3.05) is 0 Å². The van der Waals surface area contributed by atoms with E-state index in [1.54, 1.807) is 4.68 Å². The van der Waals surface area contributed by atoms with Crippen molar-refractivity contribution in [3.63, 3.8) is 0 Å². The molecule has 0 aliphatic carbocycles. The minimum Gasteiger partial charge on any atom is -0.338 e. The van der Waals surface area contributed by atoms with E-state index in [2.05, 4.69) is 56.9 Å². The van der Waals surface area contributed by atoms with Crippen molar-refractivity contribution in [2.24, 2.45) is 0 Å². The first kappa shape index (κ1) is 17.6. The molecular weight excluding hydrogens is 336 g/mol. The molecule has 0 N–H and O–H groups in total. The van der Waals surface area contributed by atoms with Gasteiger partial charge >= 0.3 is 0 Å². The summed E-state index contributed by atoms with van der Waals surface area (Å²) in [5, 5.41) is 16.7. The van der Waals surface area contributed by atoms with Crippen LogP contribution in [0.4, 0.5) is 0 Å². The lowest BCUT2D eigenvalue weighted by atomic mass is 10.1. The molecule has 0 fully saturated rings. The van der Waals surface area contributed by atoms with Gasteiger partial charge in [-0.25, -0.2) is 0 Å². The summed E-state index contributed by atoms with van der Waals surface area (Å²) in [6, 6.07) is 8.37. The van der Waals surface area contributed by atoms with Crippen LogP contribution in [0.1, 0.15) is 56.8 Å². The smallest absolute Gasteiger partial charge is 0.237 e. The van der Waals surface area contributed by atoms with Gasteiger partial charge in [-0.15, -0.1) is 5.10 Å². The number of thioether (sulfide) groups is 1. The van der Waals surface area contributed by atoms with Gasteiger partial charge in [0, 0.05) is 5.92 Å². The second kappa shape index (κ2) is 8.24. The van der Waals surface area contributed by atoms with E-state index in [1.807, 2.05) is 13.8 Å². The fraction of sp³-hybridized carbons (Fsp3) is 0.471. The van der Waals surface area contributed by atoms with Gasteiger partial charge in [0.05, 0.1) is 11.4 Å². The van der Waals surface area contributed by atoms with Gasteiger partial charge in [-0.1, -0.05) is 56.2 Å². The van der Waals surface area contributed by atoms with Crippen LogP contribution >= 0.6 is 11.8 Å². The van der Waals surface area contributed by atoms with Gasteiger partial charge in [0.1, 0.15) is 0 Å². The molecule has 0 spiro atoms. The van der Waals surface area contributed by atoms with Crippen LogP contribution in [0.15, 0.2) is 33.9 Å². The Labute approximate surface area is 151 Å². The van der Waals surface area contributed by atoms with Crippen LogP contribution in [0.25, 0.3) is 5.69 Å². The highest BCUT2D eigenvalue weighted by molar-refractivity contribution is 7.98. The molecule has 0 saturated carbocycles. The van der Waals surface area contributed by atoms with Crippen molar-refractivity contribution in [3.05, 3.63) is 41.5 Å². The lowest BCUT2D eigenvalue weighted by molar-refractivity contribution is 0.382. The van der Waals surface area contributed by atoms with Crippen molar-refractivity contribution in [3.8, 4) is 5.69 Å². The normalized spacial score (nSPS) is 11.4. The Balaban J connectivity index is 1.67. The van der Waals surface area contributed by atoms with Crippen molar-refractivity contribution < 1.29 is 4.52 Å². The maximum atomic E-state index is 5.26. The van der Waals surface area contributed by atoms with E-state index < -0.39 is 0 Å². The van der Waals surface area contributed by atoms with Crippen molar-refractivity contribution >= 4 is 11.8 Å². The average molecular weight is 358 g/mol. The topological polar surface area (TPSA) is 82.5 Å². The number of rotatable bonds is 8. The number of hydrogen-bond acceptors (Lipinski definition) is 7. The quantitative estimate of drug-likeness (QED) is 0.566. The summed E-state index contributed by atoms with van der Waals surface area (Å²) >= 11 is 1.48. The summed E-state index contributed by atoms with van der Waals surface area (Å²) in [4.78, 5) is 4.38. The Hall–Kier alpha value is -2.22. The number of aryl methyl sites for hydroxylation is 1. The molecule has 0 unspecified atom stereocenters. The molecule has 0 saturated heterocycles. The highest BCUT2D eigenvalue weighted by Crippen LogP contribution is 2.23. The summed E-state index contributed by atoms with van der Waals surface area (Å²) in [5.41, 5.74) is 2.28. The molecule has 0 aliphatic heterocycles. The first-order valence-corrected chi connectivity index (χ1v) is 9.49. The molecule has 0 radical (unpaired) electrons. The molecule has 8 heteroatoms. The zero-order chi connectivity index (χ0) is 17.6. The third-order valence-corrected chi connectivity index (χ3v) is 4.67. The Bertz CT molecular complexity index is 796. The standard InChI is InChI=1S/C17H22N6OS/c1-4-5-6-13-7-9-14(10-8-13)23-17(19-21-22-23)25-11-15-18-16(12(2)3)20-24-15/h7-10,12H,4-6,11H2,1-3H3. The van der Waals surface area contributed by atoms with Gasteiger partial charge in [0.2, 0.25) is 11.0 Å². The van der Waals surface area contributed by atoms with Gasteiger partial charge < -0.3 is 4.52 Å². The van der Waals surface area contributed by atoms with Crippen molar-refractivity contribution in [1.29, 1.82) is 0 Å². The van der Waals surface area contributed by atoms with Crippen LogP contribution in [0.5, 0.6) is 0 Å². The maximum absolute atomic E-state index is 5.26. The zero-order valence-electron chi connectivity index (χ0n) is 14.7. The zero-order valence-corrected chi connectivity index (χ0v) is 15.5. The maximum Gasteiger partial charge on any atom is 0.237 e. The van der Waals surface area contributed by atoms with E-state index in [9.17, 15) is 0 Å². The first-order chi connectivity index (χ1) is 12.2. The van der Waals surface area contributed by atoms with Gasteiger partial charge in [-0.2, -0.15) is 9.67 Å². The molecule has 132 valence electrons. The van der Waals surface area contributed by atoms with Gasteiger partial charge in [0.15, 0.2) is 5.82 Å². The molecule has 0 atom stereocenters. The van der Waals surface area contributed by atoms with Crippen molar-refractivity contribution in [2.45, 2.75) is 56.9 Å². The van der Waals surface area contributed by atoms with Gasteiger partial charge in [0.25, 0.3) is 0 Å². The Morgan fingerprint density at radius 3 is 2.68 bits per heavy atom. The lowest BCUT2D eigenvalue weighted by Gasteiger charge is -2.05. The van der Waals surface area contributed by atoms with E-state index in [0.29, 0.717) is 16.8 Å². The molecule has 2 aromatic heterocycles. The number of tetrazole rings is 1. The van der Waals surface area contributed by atoms with Gasteiger partial charge in [-0.05, 0) is 41.0 Å². The number of unbranched alkanes of at least 4 members (excludes halogenated alkanes) is 1.